The second-order valence-electron chi connectivity index (χ2n) is 11.1. The summed E-state index contributed by atoms with van der Waals surface area (Å²) in [5, 5.41) is 14.7. The number of hydrogen-bond donors (Lipinski definition) is 1. The number of rotatable bonds is 4. The number of carbonyl (C=O) groups excluding carboxylic acids is 1. The van der Waals surface area contributed by atoms with Crippen LogP contribution in [0, 0.1) is 0 Å². The zero-order chi connectivity index (χ0) is 25.7. The highest BCUT2D eigenvalue weighted by Gasteiger charge is 2.45. The number of anilines is 1. The smallest absolute Gasteiger partial charge is 0.410 e. The van der Waals surface area contributed by atoms with Crippen LogP contribution in [0.25, 0.3) is 27.8 Å². The number of H-pyrrole nitrogens is 1. The first-order chi connectivity index (χ1) is 17.8. The molecule has 0 saturated carbocycles. The number of benzene rings is 1. The van der Waals surface area contributed by atoms with E-state index in [0.29, 0.717) is 6.04 Å². The Hall–Kier alpha value is -3.88. The van der Waals surface area contributed by atoms with Gasteiger partial charge in [0.25, 0.3) is 0 Å². The number of nitrogens with one attached hydrogen (secondary N) is 1. The van der Waals surface area contributed by atoms with Gasteiger partial charge in [0.1, 0.15) is 5.60 Å². The third-order valence-electron chi connectivity index (χ3n) is 7.60. The predicted molar refractivity (Wildman–Crippen MR) is 143 cm³/mol. The Labute approximate surface area is 216 Å². The fourth-order valence-electron chi connectivity index (χ4n) is 5.89. The zero-order valence-corrected chi connectivity index (χ0v) is 21.8. The van der Waals surface area contributed by atoms with Crippen LogP contribution < -0.4 is 4.90 Å². The first-order valence-corrected chi connectivity index (χ1v) is 13.0. The van der Waals surface area contributed by atoms with E-state index in [9.17, 15) is 4.79 Å². The molecule has 2 aliphatic rings. The molecule has 192 valence electrons. The first kappa shape index (κ1) is 23.5. The molecule has 4 aromatic rings. The van der Waals surface area contributed by atoms with Crippen molar-refractivity contribution in [2.75, 3.05) is 11.9 Å². The van der Waals surface area contributed by atoms with E-state index in [4.69, 9.17) is 4.74 Å². The van der Waals surface area contributed by atoms with Crippen molar-refractivity contribution < 1.29 is 9.53 Å². The molecule has 2 saturated heterocycles. The fraction of sp³-hybridized carbons (Fsp3) is 0.429. The molecule has 9 heteroatoms. The van der Waals surface area contributed by atoms with Crippen molar-refractivity contribution in [3.05, 3.63) is 55.0 Å². The van der Waals surface area contributed by atoms with E-state index in [0.717, 1.165) is 59.3 Å². The first-order valence-electron chi connectivity index (χ1n) is 13.0. The Morgan fingerprint density at radius 2 is 1.86 bits per heavy atom. The number of fused-ring (bicyclic) bond motifs is 3. The summed E-state index contributed by atoms with van der Waals surface area (Å²) in [6.45, 7) is 5.76. The Kier molecular flexibility index (Phi) is 5.66. The Morgan fingerprint density at radius 3 is 2.51 bits per heavy atom. The average Bonchev–Trinajstić information content (AvgIpc) is 3.62. The van der Waals surface area contributed by atoms with Gasteiger partial charge in [-0.25, -0.2) is 9.48 Å². The highest BCUT2D eigenvalue weighted by atomic mass is 16.6. The van der Waals surface area contributed by atoms with Crippen LogP contribution in [-0.2, 0) is 4.74 Å². The molecular formula is C28H33N7O2. The van der Waals surface area contributed by atoms with Crippen LogP contribution in [0.15, 0.2) is 55.0 Å². The van der Waals surface area contributed by atoms with Crippen LogP contribution in [0.1, 0.15) is 46.5 Å². The summed E-state index contributed by atoms with van der Waals surface area (Å²) in [4.78, 5) is 20.4. The molecule has 1 aromatic carbocycles. The second kappa shape index (κ2) is 8.90. The van der Waals surface area contributed by atoms with E-state index in [-0.39, 0.29) is 18.2 Å². The minimum atomic E-state index is -0.479. The summed E-state index contributed by atoms with van der Waals surface area (Å²) in [6.07, 6.45) is 9.35. The molecular weight excluding hydrogens is 466 g/mol. The zero-order valence-electron chi connectivity index (χ0n) is 21.8. The molecule has 37 heavy (non-hydrogen) atoms. The monoisotopic (exact) mass is 499 g/mol. The molecule has 2 fully saturated rings. The van der Waals surface area contributed by atoms with Gasteiger partial charge in [0.2, 0.25) is 0 Å². The molecule has 2 aliphatic heterocycles. The lowest BCUT2D eigenvalue weighted by Crippen LogP contribution is -2.53. The van der Waals surface area contributed by atoms with E-state index in [1.165, 1.54) is 0 Å². The van der Waals surface area contributed by atoms with Gasteiger partial charge in [-0.3, -0.25) is 0 Å². The number of piperidine rings is 1. The molecule has 1 N–H and O–H groups in total. The predicted octanol–water partition coefficient (Wildman–Crippen LogP) is 5.18. The van der Waals surface area contributed by atoms with Crippen molar-refractivity contribution in [1.82, 2.24) is 29.9 Å². The van der Waals surface area contributed by atoms with E-state index < -0.39 is 5.60 Å². The van der Waals surface area contributed by atoms with Crippen LogP contribution >= 0.6 is 0 Å². The standard InChI is InChI=1S/C28H33N7O2/c1-28(2,3)37-27(36)35-18-6-7-19(35)17-20(16-18)33(4)25-11-9-23(31-32-25)21-8-10-24(34-15-5-13-30-34)22-12-14-29-26(21)22/h5,8-15,18-20,29H,6-7,16-17H2,1-4H3/t18-,19+,20-. The molecule has 1 amide bonds. The molecule has 2 bridgehead atoms. The molecule has 0 spiro atoms. The number of nitrogens with zero attached hydrogens (tertiary/aromatic N) is 6. The summed E-state index contributed by atoms with van der Waals surface area (Å²) >= 11 is 0. The summed E-state index contributed by atoms with van der Waals surface area (Å²) < 4.78 is 7.56. The van der Waals surface area contributed by atoms with Gasteiger partial charge in [-0.05, 0) is 82.9 Å². The Balaban J connectivity index is 1.19. The maximum absolute atomic E-state index is 12.8. The van der Waals surface area contributed by atoms with Crippen molar-refractivity contribution in [2.45, 2.75) is 70.2 Å². The van der Waals surface area contributed by atoms with Crippen LogP contribution in [-0.4, -0.2) is 66.7 Å². The topological polar surface area (TPSA) is 92.2 Å². The van der Waals surface area contributed by atoms with Crippen molar-refractivity contribution in [2.24, 2.45) is 0 Å². The summed E-state index contributed by atoms with van der Waals surface area (Å²) in [7, 11) is 2.08. The number of amides is 1. The van der Waals surface area contributed by atoms with Crippen molar-refractivity contribution in [3.63, 3.8) is 0 Å². The lowest BCUT2D eigenvalue weighted by atomic mass is 9.96. The minimum Gasteiger partial charge on any atom is -0.444 e. The van der Waals surface area contributed by atoms with Gasteiger partial charge in [-0.15, -0.1) is 10.2 Å². The van der Waals surface area contributed by atoms with Gasteiger partial charge < -0.3 is 19.5 Å². The molecule has 3 atom stereocenters. The summed E-state index contributed by atoms with van der Waals surface area (Å²) in [5.41, 5.74) is 3.36. The average molecular weight is 500 g/mol. The van der Waals surface area contributed by atoms with Crippen LogP contribution in [0.3, 0.4) is 0 Å². The maximum Gasteiger partial charge on any atom is 0.410 e. The van der Waals surface area contributed by atoms with E-state index >= 15 is 0 Å². The van der Waals surface area contributed by atoms with E-state index in [1.807, 2.05) is 60.9 Å². The number of carbonyl (C=O) groups is 1. The fourth-order valence-corrected chi connectivity index (χ4v) is 5.89. The van der Waals surface area contributed by atoms with Gasteiger partial charge in [0.15, 0.2) is 5.82 Å². The number of aromatic nitrogens is 5. The highest BCUT2D eigenvalue weighted by Crippen LogP contribution is 2.39. The second-order valence-corrected chi connectivity index (χ2v) is 11.1. The summed E-state index contributed by atoms with van der Waals surface area (Å²) in [6, 6.07) is 12.9. The Morgan fingerprint density at radius 1 is 1.08 bits per heavy atom. The highest BCUT2D eigenvalue weighted by molar-refractivity contribution is 5.98. The lowest BCUT2D eigenvalue weighted by molar-refractivity contribution is 0.00597. The Bertz CT molecular complexity index is 1390. The van der Waals surface area contributed by atoms with Gasteiger partial charge >= 0.3 is 6.09 Å². The van der Waals surface area contributed by atoms with Gasteiger partial charge in [0, 0.05) is 54.7 Å². The van der Waals surface area contributed by atoms with E-state index in [1.54, 1.807) is 6.20 Å². The minimum absolute atomic E-state index is 0.181. The largest absolute Gasteiger partial charge is 0.444 e. The number of ether oxygens (including phenoxy) is 1. The van der Waals surface area contributed by atoms with Crippen LogP contribution in [0.5, 0.6) is 0 Å². The molecule has 3 aromatic heterocycles. The molecule has 9 nitrogen and oxygen atoms in total. The van der Waals surface area contributed by atoms with E-state index in [2.05, 4.69) is 50.4 Å². The molecule has 5 heterocycles. The van der Waals surface area contributed by atoms with Crippen molar-refractivity contribution in [1.29, 1.82) is 0 Å². The molecule has 0 radical (unpaired) electrons. The third kappa shape index (κ3) is 4.32. The quantitative estimate of drug-likeness (QED) is 0.416. The maximum atomic E-state index is 12.8. The third-order valence-corrected chi connectivity index (χ3v) is 7.60. The van der Waals surface area contributed by atoms with Gasteiger partial charge in [-0.2, -0.15) is 5.10 Å². The molecule has 6 rings (SSSR count). The van der Waals surface area contributed by atoms with Crippen molar-refractivity contribution in [3.8, 4) is 16.9 Å². The number of hydrogen-bond acceptors (Lipinski definition) is 6. The van der Waals surface area contributed by atoms with Gasteiger partial charge in [-0.1, -0.05) is 0 Å². The van der Waals surface area contributed by atoms with Crippen molar-refractivity contribution >= 4 is 22.8 Å². The normalized spacial score (nSPS) is 21.4. The lowest BCUT2D eigenvalue weighted by Gasteiger charge is -2.42. The SMILES string of the molecule is CN(c1ccc(-c2ccc(-n3cccn3)c3cc[nH]c23)nn1)[C@@H]1C[C@H]2CC[C@@H](C1)N2C(=O)OC(C)(C)C. The number of aromatic amines is 1. The van der Waals surface area contributed by atoms with Gasteiger partial charge in [0.05, 0.1) is 16.9 Å². The van der Waals surface area contributed by atoms with Crippen LogP contribution in [0.4, 0.5) is 10.6 Å². The molecule has 0 unspecified atom stereocenters. The van der Waals surface area contributed by atoms with Crippen LogP contribution in [0.2, 0.25) is 0 Å². The molecule has 0 aliphatic carbocycles. The summed E-state index contributed by atoms with van der Waals surface area (Å²) in [5.74, 6) is 0.842.